The molecule has 0 radical (unpaired) electrons. The van der Waals surface area contributed by atoms with Crippen molar-refractivity contribution < 1.29 is 4.74 Å². The molecule has 1 saturated heterocycles. The number of nitrogens with zero attached hydrogens (tertiary/aromatic N) is 1. The van der Waals surface area contributed by atoms with Crippen LogP contribution in [-0.2, 0) is 4.74 Å². The van der Waals surface area contributed by atoms with E-state index in [1.807, 2.05) is 5.38 Å². The van der Waals surface area contributed by atoms with Crippen molar-refractivity contribution in [2.75, 3.05) is 12.3 Å². The average molecular weight is 212 g/mol. The molecule has 1 aliphatic rings. The first-order valence-electron chi connectivity index (χ1n) is 4.92. The summed E-state index contributed by atoms with van der Waals surface area (Å²) in [7, 11) is 0. The van der Waals surface area contributed by atoms with E-state index in [4.69, 9.17) is 10.5 Å². The van der Waals surface area contributed by atoms with Crippen molar-refractivity contribution in [3.05, 3.63) is 10.4 Å². The van der Waals surface area contributed by atoms with Crippen LogP contribution in [0, 0.1) is 0 Å². The van der Waals surface area contributed by atoms with Gasteiger partial charge in [-0.1, -0.05) is 0 Å². The van der Waals surface area contributed by atoms with Crippen molar-refractivity contribution in [3.63, 3.8) is 0 Å². The van der Waals surface area contributed by atoms with E-state index in [-0.39, 0.29) is 5.60 Å². The summed E-state index contributed by atoms with van der Waals surface area (Å²) in [5, 5.41) is 3.08. The fourth-order valence-electron chi connectivity index (χ4n) is 1.93. The topological polar surface area (TPSA) is 48.1 Å². The van der Waals surface area contributed by atoms with Gasteiger partial charge in [-0.25, -0.2) is 4.98 Å². The zero-order chi connectivity index (χ0) is 10.2. The highest BCUT2D eigenvalue weighted by atomic mass is 32.1. The number of aromatic nitrogens is 1. The largest absolute Gasteiger partial charge is 0.383 e. The molecule has 1 atom stereocenters. The third-order valence-electron chi connectivity index (χ3n) is 2.59. The van der Waals surface area contributed by atoms with Gasteiger partial charge in [-0.2, -0.15) is 0 Å². The monoisotopic (exact) mass is 212 g/mol. The first-order valence-corrected chi connectivity index (χ1v) is 5.80. The van der Waals surface area contributed by atoms with E-state index in [0.717, 1.165) is 19.4 Å². The minimum absolute atomic E-state index is 0.0106. The van der Waals surface area contributed by atoms with Crippen LogP contribution in [0.25, 0.3) is 0 Å². The number of nitrogen functional groups attached to an aromatic ring is 1. The number of ether oxygens (including phenoxy) is 1. The Morgan fingerprint density at radius 2 is 2.43 bits per heavy atom. The first kappa shape index (κ1) is 9.93. The molecular weight excluding hydrogens is 196 g/mol. The van der Waals surface area contributed by atoms with E-state index in [0.29, 0.717) is 11.7 Å². The molecule has 4 heteroatoms. The van der Waals surface area contributed by atoms with Crippen LogP contribution >= 0.6 is 11.3 Å². The second-order valence-electron chi connectivity index (χ2n) is 4.41. The Hall–Kier alpha value is -0.610. The van der Waals surface area contributed by atoms with Crippen molar-refractivity contribution >= 4 is 17.2 Å². The number of nitrogens with two attached hydrogens (primary N) is 1. The summed E-state index contributed by atoms with van der Waals surface area (Å²) in [6, 6.07) is 0. The summed E-state index contributed by atoms with van der Waals surface area (Å²) in [6.07, 6.45) is 2.11. The zero-order valence-corrected chi connectivity index (χ0v) is 9.43. The summed E-state index contributed by atoms with van der Waals surface area (Å²) in [4.78, 5) is 4.34. The van der Waals surface area contributed by atoms with Crippen LogP contribution < -0.4 is 5.73 Å². The molecule has 0 saturated carbocycles. The molecule has 2 heterocycles. The van der Waals surface area contributed by atoms with E-state index in [1.165, 1.54) is 5.01 Å². The van der Waals surface area contributed by atoms with Gasteiger partial charge in [0.25, 0.3) is 0 Å². The number of anilines is 1. The molecule has 3 nitrogen and oxygen atoms in total. The number of thiazole rings is 1. The van der Waals surface area contributed by atoms with Crippen molar-refractivity contribution in [2.45, 2.75) is 38.2 Å². The predicted octanol–water partition coefficient (Wildman–Crippen LogP) is 2.40. The maximum atomic E-state index is 5.67. The molecule has 14 heavy (non-hydrogen) atoms. The van der Waals surface area contributed by atoms with Gasteiger partial charge in [0, 0.05) is 17.9 Å². The summed E-state index contributed by atoms with van der Waals surface area (Å²) in [5.74, 6) is 1.18. The normalized spacial score (nSPS) is 26.3. The Morgan fingerprint density at radius 3 is 3.00 bits per heavy atom. The van der Waals surface area contributed by atoms with Crippen LogP contribution in [0.4, 0.5) is 5.82 Å². The van der Waals surface area contributed by atoms with Crippen molar-refractivity contribution in [1.29, 1.82) is 0 Å². The molecule has 1 aliphatic heterocycles. The third-order valence-corrected chi connectivity index (χ3v) is 3.61. The number of rotatable bonds is 1. The van der Waals surface area contributed by atoms with Gasteiger partial charge in [0.05, 0.1) is 10.6 Å². The number of hydrogen-bond donors (Lipinski definition) is 1. The quantitative estimate of drug-likeness (QED) is 0.777. The Morgan fingerprint density at radius 1 is 1.64 bits per heavy atom. The number of hydrogen-bond acceptors (Lipinski definition) is 4. The van der Waals surface area contributed by atoms with Crippen LogP contribution in [0.3, 0.4) is 0 Å². The van der Waals surface area contributed by atoms with Gasteiger partial charge in [0.1, 0.15) is 5.82 Å². The molecule has 0 spiro atoms. The molecule has 78 valence electrons. The minimum Gasteiger partial charge on any atom is -0.383 e. The predicted molar refractivity (Wildman–Crippen MR) is 58.5 cm³/mol. The fraction of sp³-hybridized carbons (Fsp3) is 0.700. The van der Waals surface area contributed by atoms with Gasteiger partial charge in [0.2, 0.25) is 0 Å². The van der Waals surface area contributed by atoms with Gasteiger partial charge in [0.15, 0.2) is 0 Å². The highest BCUT2D eigenvalue weighted by Crippen LogP contribution is 2.36. The molecule has 2 rings (SSSR count). The molecular formula is C10H16N2OS. The molecule has 1 fully saturated rings. The van der Waals surface area contributed by atoms with E-state index in [2.05, 4.69) is 18.8 Å². The van der Waals surface area contributed by atoms with E-state index >= 15 is 0 Å². The summed E-state index contributed by atoms with van der Waals surface area (Å²) >= 11 is 1.67. The molecule has 1 aromatic heterocycles. The van der Waals surface area contributed by atoms with Gasteiger partial charge in [-0.05, 0) is 26.7 Å². The van der Waals surface area contributed by atoms with Crippen LogP contribution in [0.5, 0.6) is 0 Å². The molecule has 1 aromatic rings. The molecule has 0 bridgehead atoms. The van der Waals surface area contributed by atoms with Gasteiger partial charge in [-0.15, -0.1) is 11.3 Å². The second kappa shape index (κ2) is 3.51. The SMILES string of the molecule is CC1(C)C[C@@H](c2nc(N)cs2)CCO1. The molecule has 0 unspecified atom stereocenters. The Bertz CT molecular complexity index is 322. The standard InChI is InChI=1S/C10H16N2OS/c1-10(2)5-7(3-4-13-10)9-12-8(11)6-14-9/h6-7H,3-5,11H2,1-2H3/t7-/m0/s1. The highest BCUT2D eigenvalue weighted by molar-refractivity contribution is 7.10. The van der Waals surface area contributed by atoms with Gasteiger partial charge in [-0.3, -0.25) is 0 Å². The summed E-state index contributed by atoms with van der Waals surface area (Å²) in [6.45, 7) is 5.10. The van der Waals surface area contributed by atoms with E-state index in [1.54, 1.807) is 11.3 Å². The van der Waals surface area contributed by atoms with Crippen LogP contribution in [0.2, 0.25) is 0 Å². The third kappa shape index (κ3) is 2.07. The van der Waals surface area contributed by atoms with Crippen molar-refractivity contribution in [1.82, 2.24) is 4.98 Å². The van der Waals surface area contributed by atoms with Crippen molar-refractivity contribution in [2.24, 2.45) is 0 Å². The highest BCUT2D eigenvalue weighted by Gasteiger charge is 2.31. The van der Waals surface area contributed by atoms with Gasteiger partial charge >= 0.3 is 0 Å². The first-order chi connectivity index (χ1) is 6.57. The smallest absolute Gasteiger partial charge is 0.134 e. The maximum absolute atomic E-state index is 5.67. The minimum atomic E-state index is -0.0106. The lowest BCUT2D eigenvalue weighted by molar-refractivity contribution is -0.0593. The zero-order valence-electron chi connectivity index (χ0n) is 8.62. The van der Waals surface area contributed by atoms with Gasteiger partial charge < -0.3 is 10.5 Å². The van der Waals surface area contributed by atoms with E-state index in [9.17, 15) is 0 Å². The summed E-state index contributed by atoms with van der Waals surface area (Å²) in [5.41, 5.74) is 5.61. The lowest BCUT2D eigenvalue weighted by atomic mass is 9.89. The molecule has 0 aromatic carbocycles. The lowest BCUT2D eigenvalue weighted by Gasteiger charge is -2.34. The van der Waals surface area contributed by atoms with Crippen LogP contribution in [0.15, 0.2) is 5.38 Å². The lowest BCUT2D eigenvalue weighted by Crippen LogP contribution is -2.32. The van der Waals surface area contributed by atoms with E-state index < -0.39 is 0 Å². The fourth-order valence-corrected chi connectivity index (χ4v) is 2.78. The van der Waals surface area contributed by atoms with Crippen LogP contribution in [-0.4, -0.2) is 17.2 Å². The Kier molecular flexibility index (Phi) is 2.49. The Labute approximate surface area is 88.3 Å². The maximum Gasteiger partial charge on any atom is 0.134 e. The molecule has 0 aliphatic carbocycles. The average Bonchev–Trinajstić information content (AvgIpc) is 2.50. The molecule has 2 N–H and O–H groups in total. The Balaban J connectivity index is 2.12. The van der Waals surface area contributed by atoms with Crippen LogP contribution in [0.1, 0.15) is 37.6 Å². The van der Waals surface area contributed by atoms with Crippen molar-refractivity contribution in [3.8, 4) is 0 Å². The summed E-state index contributed by atoms with van der Waals surface area (Å²) < 4.78 is 5.67. The second-order valence-corrected chi connectivity index (χ2v) is 5.30. The molecule has 0 amide bonds.